The van der Waals surface area contributed by atoms with E-state index < -0.39 is 5.97 Å². The summed E-state index contributed by atoms with van der Waals surface area (Å²) in [5.41, 5.74) is 1.88. The number of aromatic nitrogens is 2. The van der Waals surface area contributed by atoms with Crippen molar-refractivity contribution in [3.63, 3.8) is 0 Å². The van der Waals surface area contributed by atoms with Gasteiger partial charge in [-0.1, -0.05) is 0 Å². The average molecular weight is 358 g/mol. The standard InChI is InChI=1S/C18H22N4O4/c1-4-26-17(24)13-5-7-14(8-6-13)21-16(23)15-11-12(2)20-18(22-15)19-9-10-25-3/h5-8,11H,4,9-10H2,1-3H3,(H,21,23)(H,19,20,22). The Balaban J connectivity index is 2.06. The molecular formula is C18H22N4O4. The molecule has 2 rings (SSSR count). The van der Waals surface area contributed by atoms with Crippen molar-refractivity contribution in [2.45, 2.75) is 13.8 Å². The van der Waals surface area contributed by atoms with Crippen molar-refractivity contribution in [3.8, 4) is 0 Å². The van der Waals surface area contributed by atoms with Crippen LogP contribution in [0.5, 0.6) is 0 Å². The van der Waals surface area contributed by atoms with E-state index in [1.807, 2.05) is 0 Å². The molecule has 0 spiro atoms. The molecule has 2 aromatic rings. The van der Waals surface area contributed by atoms with E-state index in [0.29, 0.717) is 42.7 Å². The van der Waals surface area contributed by atoms with Gasteiger partial charge in [0, 0.05) is 25.0 Å². The van der Waals surface area contributed by atoms with Crippen LogP contribution in [0.3, 0.4) is 0 Å². The third-order valence-electron chi connectivity index (χ3n) is 3.33. The molecule has 0 aliphatic rings. The van der Waals surface area contributed by atoms with Gasteiger partial charge in [0.15, 0.2) is 0 Å². The number of aryl methyl sites for hydroxylation is 1. The van der Waals surface area contributed by atoms with Gasteiger partial charge in [-0.25, -0.2) is 14.8 Å². The predicted molar refractivity (Wildman–Crippen MR) is 97.5 cm³/mol. The van der Waals surface area contributed by atoms with Gasteiger partial charge in [-0.3, -0.25) is 4.79 Å². The van der Waals surface area contributed by atoms with Crippen LogP contribution in [0.4, 0.5) is 11.6 Å². The zero-order valence-corrected chi connectivity index (χ0v) is 15.0. The van der Waals surface area contributed by atoms with E-state index in [9.17, 15) is 9.59 Å². The summed E-state index contributed by atoms with van der Waals surface area (Å²) < 4.78 is 9.89. The normalized spacial score (nSPS) is 10.3. The second-order valence-electron chi connectivity index (χ2n) is 5.39. The molecule has 0 aliphatic carbocycles. The molecule has 8 nitrogen and oxygen atoms in total. The Hall–Kier alpha value is -3.00. The third-order valence-corrected chi connectivity index (χ3v) is 3.33. The number of methoxy groups -OCH3 is 1. The lowest BCUT2D eigenvalue weighted by Gasteiger charge is -2.09. The summed E-state index contributed by atoms with van der Waals surface area (Å²) in [7, 11) is 1.60. The Kier molecular flexibility index (Phi) is 7.04. The molecule has 0 aliphatic heterocycles. The van der Waals surface area contributed by atoms with Crippen molar-refractivity contribution in [3.05, 3.63) is 47.3 Å². The highest BCUT2D eigenvalue weighted by Gasteiger charge is 2.12. The van der Waals surface area contributed by atoms with Gasteiger partial charge in [0.25, 0.3) is 5.91 Å². The summed E-state index contributed by atoms with van der Waals surface area (Å²) >= 11 is 0. The Morgan fingerprint density at radius 1 is 1.15 bits per heavy atom. The Morgan fingerprint density at radius 2 is 1.88 bits per heavy atom. The van der Waals surface area contributed by atoms with Gasteiger partial charge in [-0.15, -0.1) is 0 Å². The number of hydrogen-bond donors (Lipinski definition) is 2. The van der Waals surface area contributed by atoms with E-state index in [1.165, 1.54) is 0 Å². The molecule has 2 N–H and O–H groups in total. The number of esters is 1. The SMILES string of the molecule is CCOC(=O)c1ccc(NC(=O)c2cc(C)nc(NCCOC)n2)cc1. The van der Waals surface area contributed by atoms with Crippen LogP contribution in [0.2, 0.25) is 0 Å². The molecule has 0 saturated carbocycles. The fourth-order valence-corrected chi connectivity index (χ4v) is 2.13. The minimum Gasteiger partial charge on any atom is -0.462 e. The molecule has 1 aromatic heterocycles. The maximum atomic E-state index is 12.4. The summed E-state index contributed by atoms with van der Waals surface area (Å²) in [6.45, 7) is 4.88. The molecule has 1 heterocycles. The van der Waals surface area contributed by atoms with Gasteiger partial charge in [0.1, 0.15) is 5.69 Å². The van der Waals surface area contributed by atoms with Gasteiger partial charge in [-0.05, 0) is 44.2 Å². The van der Waals surface area contributed by atoms with Crippen LogP contribution in [-0.4, -0.2) is 48.7 Å². The number of nitrogens with zero attached hydrogens (tertiary/aromatic N) is 2. The van der Waals surface area contributed by atoms with Crippen LogP contribution in [0.1, 0.15) is 33.5 Å². The number of benzene rings is 1. The second kappa shape index (κ2) is 9.47. The number of nitrogens with one attached hydrogen (secondary N) is 2. The van der Waals surface area contributed by atoms with Gasteiger partial charge >= 0.3 is 5.97 Å². The fourth-order valence-electron chi connectivity index (χ4n) is 2.13. The minimum atomic E-state index is -0.399. The van der Waals surface area contributed by atoms with Crippen molar-refractivity contribution in [2.75, 3.05) is 37.5 Å². The van der Waals surface area contributed by atoms with Crippen molar-refractivity contribution >= 4 is 23.5 Å². The van der Waals surface area contributed by atoms with Gasteiger partial charge in [0.2, 0.25) is 5.95 Å². The lowest BCUT2D eigenvalue weighted by Crippen LogP contribution is -2.17. The number of carbonyl (C=O) groups is 2. The quantitative estimate of drug-likeness (QED) is 0.551. The summed E-state index contributed by atoms with van der Waals surface area (Å²) in [5.74, 6) is -0.400. The van der Waals surface area contributed by atoms with Crippen LogP contribution in [0.25, 0.3) is 0 Å². The molecule has 1 amide bonds. The van der Waals surface area contributed by atoms with Crippen molar-refractivity contribution in [1.82, 2.24) is 9.97 Å². The molecule has 26 heavy (non-hydrogen) atoms. The molecule has 1 aromatic carbocycles. The van der Waals surface area contributed by atoms with E-state index in [2.05, 4.69) is 20.6 Å². The minimum absolute atomic E-state index is 0.242. The molecule has 0 unspecified atom stereocenters. The van der Waals surface area contributed by atoms with Crippen LogP contribution in [0, 0.1) is 6.92 Å². The Morgan fingerprint density at radius 3 is 2.54 bits per heavy atom. The summed E-state index contributed by atoms with van der Waals surface area (Å²) in [5, 5.41) is 5.74. The number of rotatable bonds is 8. The maximum absolute atomic E-state index is 12.4. The van der Waals surface area contributed by atoms with Crippen LogP contribution in [0.15, 0.2) is 30.3 Å². The average Bonchev–Trinajstić information content (AvgIpc) is 2.62. The number of ether oxygens (including phenoxy) is 2. The first kappa shape index (κ1) is 19.3. The molecule has 138 valence electrons. The zero-order chi connectivity index (χ0) is 18.9. The monoisotopic (exact) mass is 358 g/mol. The maximum Gasteiger partial charge on any atom is 0.338 e. The van der Waals surface area contributed by atoms with Crippen LogP contribution >= 0.6 is 0 Å². The van der Waals surface area contributed by atoms with Crippen LogP contribution < -0.4 is 10.6 Å². The van der Waals surface area contributed by atoms with Gasteiger partial charge in [-0.2, -0.15) is 0 Å². The van der Waals surface area contributed by atoms with Crippen molar-refractivity contribution in [1.29, 1.82) is 0 Å². The molecule has 0 radical (unpaired) electrons. The van der Waals surface area contributed by atoms with E-state index in [-0.39, 0.29) is 11.6 Å². The molecular weight excluding hydrogens is 336 g/mol. The van der Waals surface area contributed by atoms with E-state index in [4.69, 9.17) is 9.47 Å². The first-order chi connectivity index (χ1) is 12.5. The first-order valence-corrected chi connectivity index (χ1v) is 8.20. The third kappa shape index (κ3) is 5.52. The summed E-state index contributed by atoms with van der Waals surface area (Å²) in [6.07, 6.45) is 0. The molecule has 0 atom stereocenters. The van der Waals surface area contributed by atoms with E-state index in [1.54, 1.807) is 51.3 Å². The number of carbonyl (C=O) groups excluding carboxylic acids is 2. The predicted octanol–water partition coefficient (Wildman–Crippen LogP) is 2.27. The highest BCUT2D eigenvalue weighted by Crippen LogP contribution is 2.13. The topological polar surface area (TPSA) is 102 Å². The van der Waals surface area contributed by atoms with E-state index in [0.717, 1.165) is 0 Å². The lowest BCUT2D eigenvalue weighted by atomic mass is 10.2. The van der Waals surface area contributed by atoms with Crippen molar-refractivity contribution < 1.29 is 19.1 Å². The zero-order valence-electron chi connectivity index (χ0n) is 15.0. The molecule has 8 heteroatoms. The molecule has 0 saturated heterocycles. The first-order valence-electron chi connectivity index (χ1n) is 8.20. The van der Waals surface area contributed by atoms with Crippen LogP contribution in [-0.2, 0) is 9.47 Å². The smallest absolute Gasteiger partial charge is 0.338 e. The molecule has 0 fully saturated rings. The highest BCUT2D eigenvalue weighted by atomic mass is 16.5. The van der Waals surface area contributed by atoms with Crippen molar-refractivity contribution in [2.24, 2.45) is 0 Å². The number of amides is 1. The van der Waals surface area contributed by atoms with E-state index >= 15 is 0 Å². The molecule has 0 bridgehead atoms. The van der Waals surface area contributed by atoms with Gasteiger partial charge in [0.05, 0.1) is 18.8 Å². The Bertz CT molecular complexity index is 762. The van der Waals surface area contributed by atoms with Gasteiger partial charge < -0.3 is 20.1 Å². The Labute approximate surface area is 151 Å². The fraction of sp³-hybridized carbons (Fsp3) is 0.333. The lowest BCUT2D eigenvalue weighted by molar-refractivity contribution is 0.0526. The second-order valence-corrected chi connectivity index (χ2v) is 5.39. The largest absolute Gasteiger partial charge is 0.462 e. The summed E-state index contributed by atoms with van der Waals surface area (Å²) in [6, 6.07) is 8.06. The summed E-state index contributed by atoms with van der Waals surface area (Å²) in [4.78, 5) is 32.5. The number of anilines is 2. The highest BCUT2D eigenvalue weighted by molar-refractivity contribution is 6.03. The number of hydrogen-bond acceptors (Lipinski definition) is 7.